The van der Waals surface area contributed by atoms with Gasteiger partial charge < -0.3 is 10.7 Å². The smallest absolute Gasteiger partial charge is 0.142 e. The second-order valence-electron chi connectivity index (χ2n) is 4.45. The average Bonchev–Trinajstić information content (AvgIpc) is 2.65. The van der Waals surface area contributed by atoms with Crippen molar-refractivity contribution < 1.29 is 0 Å². The van der Waals surface area contributed by atoms with Gasteiger partial charge in [-0.05, 0) is 31.9 Å². The molecule has 0 aromatic carbocycles. The van der Waals surface area contributed by atoms with Gasteiger partial charge in [-0.25, -0.2) is 10.8 Å². The van der Waals surface area contributed by atoms with Crippen molar-refractivity contribution in [3.63, 3.8) is 0 Å². The lowest BCUT2D eigenvalue weighted by molar-refractivity contribution is 0.531. The van der Waals surface area contributed by atoms with Gasteiger partial charge in [-0.1, -0.05) is 18.9 Å². The number of pyridine rings is 1. The van der Waals surface area contributed by atoms with Gasteiger partial charge in [0, 0.05) is 5.54 Å². The van der Waals surface area contributed by atoms with E-state index >= 15 is 0 Å². The third-order valence-corrected chi connectivity index (χ3v) is 3.03. The molecule has 0 bridgehead atoms. The van der Waals surface area contributed by atoms with E-state index in [9.17, 15) is 0 Å². The van der Waals surface area contributed by atoms with Gasteiger partial charge in [0.25, 0.3) is 0 Å². The Bertz CT molecular complexity index is 331. The molecule has 0 atom stereocenters. The van der Waals surface area contributed by atoms with Crippen LogP contribution in [0, 0.1) is 0 Å². The molecule has 1 aliphatic carbocycles. The summed E-state index contributed by atoms with van der Waals surface area (Å²) in [5.74, 6) is 6.91. The minimum absolute atomic E-state index is 0.209. The Hall–Kier alpha value is -1.29. The maximum atomic E-state index is 5.32. The normalized spacial score (nSPS) is 18.8. The Kier molecular flexibility index (Phi) is 2.77. The highest BCUT2D eigenvalue weighted by atomic mass is 15.3. The van der Waals surface area contributed by atoms with Crippen LogP contribution in [0.3, 0.4) is 0 Å². The molecule has 1 aliphatic rings. The van der Waals surface area contributed by atoms with Crippen LogP contribution in [0.4, 0.5) is 11.6 Å². The number of hydrogen-bond acceptors (Lipinski definition) is 4. The molecule has 82 valence electrons. The summed E-state index contributed by atoms with van der Waals surface area (Å²) >= 11 is 0. The maximum absolute atomic E-state index is 5.32. The van der Waals surface area contributed by atoms with Crippen LogP contribution < -0.4 is 16.6 Å². The van der Waals surface area contributed by atoms with E-state index in [-0.39, 0.29) is 5.54 Å². The first-order valence-corrected chi connectivity index (χ1v) is 5.44. The molecule has 4 nitrogen and oxygen atoms in total. The van der Waals surface area contributed by atoms with Crippen LogP contribution in [-0.4, -0.2) is 10.5 Å². The average molecular weight is 206 g/mol. The lowest BCUT2D eigenvalue weighted by Gasteiger charge is -2.26. The van der Waals surface area contributed by atoms with Gasteiger partial charge in [-0.3, -0.25) is 0 Å². The van der Waals surface area contributed by atoms with Crippen molar-refractivity contribution in [1.29, 1.82) is 0 Å². The van der Waals surface area contributed by atoms with Gasteiger partial charge in [-0.15, -0.1) is 0 Å². The van der Waals surface area contributed by atoms with Crippen LogP contribution >= 0.6 is 0 Å². The molecule has 1 aromatic heterocycles. The summed E-state index contributed by atoms with van der Waals surface area (Å²) in [6, 6.07) is 5.77. The Morgan fingerprint density at radius 1 is 1.27 bits per heavy atom. The number of nitrogen functional groups attached to an aromatic ring is 1. The molecule has 1 heterocycles. The highest BCUT2D eigenvalue weighted by molar-refractivity contribution is 5.46. The summed E-state index contributed by atoms with van der Waals surface area (Å²) < 4.78 is 0. The predicted molar refractivity (Wildman–Crippen MR) is 62.5 cm³/mol. The first-order chi connectivity index (χ1) is 7.22. The van der Waals surface area contributed by atoms with Gasteiger partial charge in [0.2, 0.25) is 0 Å². The Labute approximate surface area is 90.2 Å². The summed E-state index contributed by atoms with van der Waals surface area (Å²) in [6.45, 7) is 2.25. The number of nitrogens with zero attached hydrogens (tertiary/aromatic N) is 1. The van der Waals surface area contributed by atoms with E-state index in [0.29, 0.717) is 5.82 Å². The molecule has 1 aromatic rings. The Balaban J connectivity index is 2.09. The van der Waals surface area contributed by atoms with E-state index in [1.807, 2.05) is 18.2 Å². The molecule has 1 fully saturated rings. The molecule has 4 heteroatoms. The summed E-state index contributed by atoms with van der Waals surface area (Å²) in [5, 5.41) is 3.49. The summed E-state index contributed by atoms with van der Waals surface area (Å²) in [4.78, 5) is 4.35. The van der Waals surface area contributed by atoms with E-state index in [1.165, 1.54) is 25.7 Å². The maximum Gasteiger partial charge on any atom is 0.142 e. The zero-order chi connectivity index (χ0) is 10.7. The van der Waals surface area contributed by atoms with E-state index in [4.69, 9.17) is 5.84 Å². The van der Waals surface area contributed by atoms with Gasteiger partial charge in [0.15, 0.2) is 0 Å². The van der Waals surface area contributed by atoms with Gasteiger partial charge >= 0.3 is 0 Å². The van der Waals surface area contributed by atoms with Crippen LogP contribution in [0.2, 0.25) is 0 Å². The molecule has 1 saturated carbocycles. The van der Waals surface area contributed by atoms with Gasteiger partial charge in [0.05, 0.1) is 0 Å². The highest BCUT2D eigenvalue weighted by Gasteiger charge is 2.28. The number of hydrazine groups is 1. The summed E-state index contributed by atoms with van der Waals surface area (Å²) in [6.07, 6.45) is 5.04. The van der Waals surface area contributed by atoms with Crippen LogP contribution in [0.5, 0.6) is 0 Å². The second kappa shape index (κ2) is 4.06. The second-order valence-corrected chi connectivity index (χ2v) is 4.45. The van der Waals surface area contributed by atoms with Crippen molar-refractivity contribution in [2.24, 2.45) is 5.84 Å². The lowest BCUT2D eigenvalue weighted by Crippen LogP contribution is -2.31. The SMILES string of the molecule is CC1(Nc2cccc(NN)n2)CCCC1. The van der Waals surface area contributed by atoms with Crippen molar-refractivity contribution in [2.45, 2.75) is 38.1 Å². The minimum atomic E-state index is 0.209. The Morgan fingerprint density at radius 2 is 1.93 bits per heavy atom. The van der Waals surface area contributed by atoms with Crippen LogP contribution in [-0.2, 0) is 0 Å². The molecule has 0 radical (unpaired) electrons. The van der Waals surface area contributed by atoms with Crippen molar-refractivity contribution in [3.05, 3.63) is 18.2 Å². The number of hydrogen-bond donors (Lipinski definition) is 3. The van der Waals surface area contributed by atoms with E-state index in [0.717, 1.165) is 5.82 Å². The van der Waals surface area contributed by atoms with Crippen LogP contribution in [0.1, 0.15) is 32.6 Å². The highest BCUT2D eigenvalue weighted by Crippen LogP contribution is 2.32. The first kappa shape index (κ1) is 10.2. The third kappa shape index (κ3) is 2.39. The quantitative estimate of drug-likeness (QED) is 0.523. The van der Waals surface area contributed by atoms with Crippen molar-refractivity contribution in [2.75, 3.05) is 10.7 Å². The largest absolute Gasteiger partial charge is 0.365 e. The number of aromatic nitrogens is 1. The van der Waals surface area contributed by atoms with Crippen molar-refractivity contribution in [1.82, 2.24) is 4.98 Å². The predicted octanol–water partition coefficient (Wildman–Crippen LogP) is 2.11. The number of anilines is 2. The van der Waals surface area contributed by atoms with E-state index in [1.54, 1.807) is 0 Å². The summed E-state index contributed by atoms with van der Waals surface area (Å²) in [7, 11) is 0. The summed E-state index contributed by atoms with van der Waals surface area (Å²) in [5.41, 5.74) is 2.76. The number of nitrogens with one attached hydrogen (secondary N) is 2. The molecule has 4 N–H and O–H groups in total. The van der Waals surface area contributed by atoms with Crippen molar-refractivity contribution >= 4 is 11.6 Å². The fourth-order valence-electron chi connectivity index (χ4n) is 2.17. The molecule has 0 aliphatic heterocycles. The van der Waals surface area contributed by atoms with Gasteiger partial charge in [0.1, 0.15) is 11.6 Å². The van der Waals surface area contributed by atoms with Crippen LogP contribution in [0.15, 0.2) is 18.2 Å². The van der Waals surface area contributed by atoms with Crippen LogP contribution in [0.25, 0.3) is 0 Å². The molecule has 15 heavy (non-hydrogen) atoms. The molecular formula is C11H18N4. The number of rotatable bonds is 3. The van der Waals surface area contributed by atoms with Crippen molar-refractivity contribution in [3.8, 4) is 0 Å². The fourth-order valence-corrected chi connectivity index (χ4v) is 2.17. The van der Waals surface area contributed by atoms with E-state index in [2.05, 4.69) is 22.7 Å². The fraction of sp³-hybridized carbons (Fsp3) is 0.545. The Morgan fingerprint density at radius 3 is 2.60 bits per heavy atom. The molecule has 0 amide bonds. The minimum Gasteiger partial charge on any atom is -0.365 e. The molecule has 0 saturated heterocycles. The molecule has 0 spiro atoms. The molecular weight excluding hydrogens is 188 g/mol. The zero-order valence-corrected chi connectivity index (χ0v) is 9.09. The molecule has 0 unspecified atom stereocenters. The topological polar surface area (TPSA) is 63.0 Å². The first-order valence-electron chi connectivity index (χ1n) is 5.44. The monoisotopic (exact) mass is 206 g/mol. The zero-order valence-electron chi connectivity index (χ0n) is 9.09. The standard InChI is InChI=1S/C11H18N4/c1-11(7-2-3-8-11)14-9-5-4-6-10(13-9)15-12/h4-6H,2-3,7-8,12H2,1H3,(H2,13,14,15). The number of nitrogens with two attached hydrogens (primary N) is 1. The molecule has 2 rings (SSSR count). The van der Waals surface area contributed by atoms with E-state index < -0.39 is 0 Å². The van der Waals surface area contributed by atoms with Gasteiger partial charge in [-0.2, -0.15) is 0 Å². The third-order valence-electron chi connectivity index (χ3n) is 3.03. The lowest BCUT2D eigenvalue weighted by atomic mass is 10.0.